The third kappa shape index (κ3) is 4.61. The average molecular weight is 411 g/mol. The minimum atomic E-state index is -3.75. The van der Waals surface area contributed by atoms with Crippen molar-refractivity contribution < 1.29 is 17.9 Å². The molecule has 2 aromatic rings. The Hall–Kier alpha value is -2.09. The van der Waals surface area contributed by atoms with Crippen molar-refractivity contribution in [1.29, 1.82) is 0 Å². The number of benzene rings is 2. The van der Waals surface area contributed by atoms with Crippen molar-refractivity contribution >= 4 is 33.2 Å². The fourth-order valence-corrected chi connectivity index (χ4v) is 4.64. The number of nitrogens with zero attached hydrogens (tertiary/aromatic N) is 1. The topological polar surface area (TPSA) is 75.7 Å². The predicted molar refractivity (Wildman–Crippen MR) is 107 cm³/mol. The van der Waals surface area contributed by atoms with Gasteiger partial charge in [0.2, 0.25) is 10.0 Å². The van der Waals surface area contributed by atoms with Crippen molar-refractivity contribution in [3.05, 3.63) is 52.5 Å². The maximum Gasteiger partial charge on any atom is 0.259 e. The van der Waals surface area contributed by atoms with Crippen LogP contribution < -0.4 is 10.1 Å². The van der Waals surface area contributed by atoms with Crippen LogP contribution in [0.4, 0.5) is 5.69 Å². The number of ether oxygens (including phenoxy) is 1. The van der Waals surface area contributed by atoms with Gasteiger partial charge in [-0.3, -0.25) is 4.79 Å². The summed E-state index contributed by atoms with van der Waals surface area (Å²) < 4.78 is 32.1. The summed E-state index contributed by atoms with van der Waals surface area (Å²) in [6.45, 7) is 6.03. The maximum atomic E-state index is 12.8. The first-order chi connectivity index (χ1) is 12.7. The summed E-state index contributed by atoms with van der Waals surface area (Å²) in [4.78, 5) is 12.6. The third-order valence-electron chi connectivity index (χ3n) is 4.11. The number of nitrogens with one attached hydrogen (secondary N) is 1. The molecule has 2 rings (SSSR count). The van der Waals surface area contributed by atoms with E-state index in [0.29, 0.717) is 30.1 Å². The molecule has 0 aromatic heterocycles. The lowest BCUT2D eigenvalue weighted by Gasteiger charge is -2.20. The molecule has 0 spiro atoms. The van der Waals surface area contributed by atoms with Gasteiger partial charge in [-0.25, -0.2) is 8.42 Å². The van der Waals surface area contributed by atoms with Crippen molar-refractivity contribution in [2.24, 2.45) is 0 Å². The summed E-state index contributed by atoms with van der Waals surface area (Å²) in [5.41, 5.74) is 1.60. The highest BCUT2D eigenvalue weighted by Crippen LogP contribution is 2.28. The molecule has 0 aliphatic carbocycles. The Bertz CT molecular complexity index is 941. The Kier molecular flexibility index (Phi) is 6.86. The molecule has 0 radical (unpaired) electrons. The van der Waals surface area contributed by atoms with Crippen LogP contribution in [0.15, 0.2) is 41.3 Å². The fraction of sp³-hybridized carbons (Fsp3) is 0.316. The Morgan fingerprint density at radius 2 is 1.81 bits per heavy atom. The summed E-state index contributed by atoms with van der Waals surface area (Å²) in [7, 11) is -2.26. The first kappa shape index (κ1) is 21.2. The van der Waals surface area contributed by atoms with Gasteiger partial charge in [0.25, 0.3) is 5.91 Å². The van der Waals surface area contributed by atoms with Gasteiger partial charge in [-0.2, -0.15) is 4.31 Å². The normalized spacial score (nSPS) is 11.5. The second-order valence-corrected chi connectivity index (χ2v) is 8.21. The molecule has 6 nitrogen and oxygen atoms in total. The minimum Gasteiger partial charge on any atom is -0.496 e. The summed E-state index contributed by atoms with van der Waals surface area (Å²) in [5, 5.41) is 2.82. The van der Waals surface area contributed by atoms with Crippen LogP contribution in [0.25, 0.3) is 0 Å². The van der Waals surface area contributed by atoms with E-state index in [1.54, 1.807) is 32.0 Å². The number of halogens is 1. The SMILES string of the molecule is CCN(CC)S(=O)(=O)c1cc(NC(=O)c2cc(C)ccc2OC)ccc1Cl. The van der Waals surface area contributed by atoms with Gasteiger partial charge in [0.05, 0.1) is 17.7 Å². The number of hydrogen-bond donors (Lipinski definition) is 1. The summed E-state index contributed by atoms with van der Waals surface area (Å²) in [5.74, 6) is 0.0344. The van der Waals surface area contributed by atoms with E-state index in [9.17, 15) is 13.2 Å². The zero-order valence-electron chi connectivity index (χ0n) is 15.7. The predicted octanol–water partition coefficient (Wildman–Crippen LogP) is 3.94. The highest BCUT2D eigenvalue weighted by atomic mass is 35.5. The molecule has 2 aromatic carbocycles. The average Bonchev–Trinajstić information content (AvgIpc) is 2.63. The third-order valence-corrected chi connectivity index (χ3v) is 6.64. The number of sulfonamides is 1. The van der Waals surface area contributed by atoms with Gasteiger partial charge in [0, 0.05) is 18.8 Å². The Morgan fingerprint density at radius 1 is 1.15 bits per heavy atom. The van der Waals surface area contributed by atoms with Crippen LogP contribution in [-0.4, -0.2) is 38.8 Å². The van der Waals surface area contributed by atoms with Crippen molar-refractivity contribution in [3.8, 4) is 5.75 Å². The van der Waals surface area contributed by atoms with Crippen molar-refractivity contribution in [2.45, 2.75) is 25.7 Å². The molecular formula is C19H23ClN2O4S. The smallest absolute Gasteiger partial charge is 0.259 e. The lowest BCUT2D eigenvalue weighted by atomic mass is 10.1. The molecule has 0 heterocycles. The molecule has 146 valence electrons. The van der Waals surface area contributed by atoms with E-state index in [1.165, 1.54) is 23.5 Å². The number of rotatable bonds is 7. The number of hydrogen-bond acceptors (Lipinski definition) is 4. The highest BCUT2D eigenvalue weighted by Gasteiger charge is 2.25. The Balaban J connectivity index is 2.39. The van der Waals surface area contributed by atoms with Crippen LogP contribution in [0.3, 0.4) is 0 Å². The van der Waals surface area contributed by atoms with E-state index in [0.717, 1.165) is 5.56 Å². The van der Waals surface area contributed by atoms with Crippen LogP contribution in [0.2, 0.25) is 5.02 Å². The monoisotopic (exact) mass is 410 g/mol. The molecule has 0 fully saturated rings. The molecule has 8 heteroatoms. The van der Waals surface area contributed by atoms with Gasteiger partial charge in [0.1, 0.15) is 10.6 Å². The molecule has 0 aliphatic rings. The van der Waals surface area contributed by atoms with Gasteiger partial charge in [-0.05, 0) is 37.3 Å². The molecule has 0 atom stereocenters. The van der Waals surface area contributed by atoms with Gasteiger partial charge >= 0.3 is 0 Å². The van der Waals surface area contributed by atoms with Crippen LogP contribution in [0, 0.1) is 6.92 Å². The van der Waals surface area contributed by atoms with Crippen LogP contribution in [-0.2, 0) is 10.0 Å². The number of aryl methyl sites for hydroxylation is 1. The summed E-state index contributed by atoms with van der Waals surface area (Å²) >= 11 is 6.12. The summed E-state index contributed by atoms with van der Waals surface area (Å²) in [6.07, 6.45) is 0. The first-order valence-corrected chi connectivity index (χ1v) is 10.3. The number of anilines is 1. The van der Waals surface area contributed by atoms with E-state index in [1.807, 2.05) is 13.0 Å². The van der Waals surface area contributed by atoms with Crippen molar-refractivity contribution in [3.63, 3.8) is 0 Å². The molecule has 0 saturated carbocycles. The van der Waals surface area contributed by atoms with E-state index >= 15 is 0 Å². The molecule has 1 amide bonds. The van der Waals surface area contributed by atoms with E-state index in [4.69, 9.17) is 16.3 Å². The van der Waals surface area contributed by atoms with Crippen molar-refractivity contribution in [2.75, 3.05) is 25.5 Å². The standard InChI is InChI=1S/C19H23ClN2O4S/c1-5-22(6-2)27(24,25)18-12-14(8-9-16(18)20)21-19(23)15-11-13(3)7-10-17(15)26-4/h7-12H,5-6H2,1-4H3,(H,21,23). The maximum absolute atomic E-state index is 12.8. The fourth-order valence-electron chi connectivity index (χ4n) is 2.68. The second kappa shape index (κ2) is 8.73. The van der Waals surface area contributed by atoms with E-state index < -0.39 is 15.9 Å². The zero-order valence-corrected chi connectivity index (χ0v) is 17.3. The van der Waals surface area contributed by atoms with E-state index in [2.05, 4.69) is 5.32 Å². The van der Waals surface area contributed by atoms with Crippen molar-refractivity contribution in [1.82, 2.24) is 4.31 Å². The molecule has 1 N–H and O–H groups in total. The summed E-state index contributed by atoms with van der Waals surface area (Å²) in [6, 6.07) is 9.65. The molecule has 27 heavy (non-hydrogen) atoms. The Labute approximate surface area is 165 Å². The molecular weight excluding hydrogens is 388 g/mol. The van der Waals surface area contributed by atoms with Crippen LogP contribution in [0.1, 0.15) is 29.8 Å². The number of carbonyl (C=O) groups is 1. The van der Waals surface area contributed by atoms with E-state index in [-0.39, 0.29) is 9.92 Å². The lowest BCUT2D eigenvalue weighted by molar-refractivity contribution is 0.102. The van der Waals surface area contributed by atoms with Gasteiger partial charge in [-0.15, -0.1) is 0 Å². The number of methoxy groups -OCH3 is 1. The number of amides is 1. The quantitative estimate of drug-likeness (QED) is 0.750. The molecule has 0 aliphatic heterocycles. The highest BCUT2D eigenvalue weighted by molar-refractivity contribution is 7.89. The Morgan fingerprint density at radius 3 is 2.41 bits per heavy atom. The molecule has 0 saturated heterocycles. The first-order valence-electron chi connectivity index (χ1n) is 8.50. The largest absolute Gasteiger partial charge is 0.496 e. The van der Waals surface area contributed by atoms with Gasteiger partial charge in [-0.1, -0.05) is 37.1 Å². The molecule has 0 unspecified atom stereocenters. The number of carbonyl (C=O) groups excluding carboxylic acids is 1. The minimum absolute atomic E-state index is 0.0399. The lowest BCUT2D eigenvalue weighted by Crippen LogP contribution is -2.30. The second-order valence-electron chi connectivity index (χ2n) is 5.89. The molecule has 0 bridgehead atoms. The van der Waals surface area contributed by atoms with Crippen LogP contribution >= 0.6 is 11.6 Å². The van der Waals surface area contributed by atoms with Gasteiger partial charge in [0.15, 0.2) is 0 Å². The zero-order chi connectivity index (χ0) is 20.2. The van der Waals surface area contributed by atoms with Crippen LogP contribution in [0.5, 0.6) is 5.75 Å². The van der Waals surface area contributed by atoms with Gasteiger partial charge < -0.3 is 10.1 Å².